The molecule has 0 saturated carbocycles. The van der Waals surface area contributed by atoms with Crippen LogP contribution in [-0.2, 0) is 0 Å². The van der Waals surface area contributed by atoms with Gasteiger partial charge in [0.05, 0.1) is 0 Å². The third kappa shape index (κ3) is 4.04. The molecule has 0 N–H and O–H groups in total. The van der Waals surface area contributed by atoms with Crippen LogP contribution in [0.25, 0.3) is 18.0 Å². The number of rotatable bonds is 5. The second-order valence-corrected chi connectivity index (χ2v) is 5.56. The number of nitrogens with zero attached hydrogens (tertiary/aromatic N) is 5. The van der Waals surface area contributed by atoms with Crippen LogP contribution in [0.5, 0.6) is 11.5 Å². The third-order valence-corrected chi connectivity index (χ3v) is 3.71. The third-order valence-electron chi connectivity index (χ3n) is 3.71. The lowest BCUT2D eigenvalue weighted by molar-refractivity contribution is 0.480. The van der Waals surface area contributed by atoms with Gasteiger partial charge in [-0.25, -0.2) is 19.0 Å². The van der Waals surface area contributed by atoms with Crippen LogP contribution >= 0.6 is 0 Å². The molecule has 0 aliphatic rings. The number of benzene rings is 2. The first-order valence-corrected chi connectivity index (χ1v) is 8.15. The van der Waals surface area contributed by atoms with Crippen molar-refractivity contribution >= 4 is 12.2 Å². The Balaban J connectivity index is 1.50. The molecule has 2 heterocycles. The minimum absolute atomic E-state index is 0.294. The lowest BCUT2D eigenvalue weighted by Gasteiger charge is -2.06. The average molecular weight is 359 g/mol. The van der Waals surface area contributed by atoms with Gasteiger partial charge in [0.1, 0.15) is 35.7 Å². The Kier molecular flexibility index (Phi) is 4.65. The first-order valence-electron chi connectivity index (χ1n) is 8.15. The molecule has 6 nitrogen and oxygen atoms in total. The Labute approximate surface area is 154 Å². The Hall–Kier alpha value is -3.87. The molecule has 0 radical (unpaired) electrons. The fourth-order valence-electron chi connectivity index (χ4n) is 2.41. The largest absolute Gasteiger partial charge is 0.457 e. The summed E-state index contributed by atoms with van der Waals surface area (Å²) in [6.07, 6.45) is 10.0. The highest BCUT2D eigenvalue weighted by Gasteiger charge is 2.05. The second kappa shape index (κ2) is 7.57. The molecular formula is C20H14FN5O. The molecule has 0 unspecified atom stereocenters. The molecule has 2 aromatic carbocycles. The van der Waals surface area contributed by atoms with Gasteiger partial charge in [0.25, 0.3) is 0 Å². The maximum Gasteiger partial charge on any atom is 0.181 e. The quantitative estimate of drug-likeness (QED) is 0.535. The summed E-state index contributed by atoms with van der Waals surface area (Å²) < 4.78 is 20.2. The van der Waals surface area contributed by atoms with Crippen molar-refractivity contribution in [1.82, 2.24) is 24.7 Å². The fraction of sp³-hybridized carbons (Fsp3) is 0. The highest BCUT2D eigenvalue weighted by Crippen LogP contribution is 2.22. The first-order chi connectivity index (χ1) is 13.3. The smallest absolute Gasteiger partial charge is 0.181 e. The molecule has 132 valence electrons. The van der Waals surface area contributed by atoms with E-state index in [-0.39, 0.29) is 5.82 Å². The molecule has 0 spiro atoms. The van der Waals surface area contributed by atoms with Crippen LogP contribution < -0.4 is 4.74 Å². The first kappa shape index (κ1) is 16.6. The zero-order chi connectivity index (χ0) is 18.5. The van der Waals surface area contributed by atoms with Crippen molar-refractivity contribution < 1.29 is 9.13 Å². The molecule has 0 bridgehead atoms. The molecule has 0 saturated heterocycles. The summed E-state index contributed by atoms with van der Waals surface area (Å²) in [6.45, 7) is 0. The van der Waals surface area contributed by atoms with E-state index < -0.39 is 0 Å². The maximum atomic E-state index is 12.9. The monoisotopic (exact) mass is 359 g/mol. The molecule has 0 atom stereocenters. The Morgan fingerprint density at radius 3 is 2.26 bits per heavy atom. The highest BCUT2D eigenvalue weighted by atomic mass is 19.1. The maximum absolute atomic E-state index is 12.9. The minimum Gasteiger partial charge on any atom is -0.457 e. The predicted octanol–water partition coefficient (Wildman–Crippen LogP) is 4.16. The van der Waals surface area contributed by atoms with Crippen LogP contribution in [0.15, 0.2) is 73.6 Å². The van der Waals surface area contributed by atoms with E-state index in [0.717, 1.165) is 5.56 Å². The SMILES string of the molecule is Fc1ccc(Oc2ccc(/C=C/c3nccnc3-n3cncn3)cc2)cc1. The van der Waals surface area contributed by atoms with E-state index in [4.69, 9.17) is 4.74 Å². The molecule has 27 heavy (non-hydrogen) atoms. The normalized spacial score (nSPS) is 11.0. The van der Waals surface area contributed by atoms with E-state index in [1.807, 2.05) is 36.4 Å². The summed E-state index contributed by atoms with van der Waals surface area (Å²) in [5.74, 6) is 1.55. The highest BCUT2D eigenvalue weighted by molar-refractivity contribution is 5.70. The summed E-state index contributed by atoms with van der Waals surface area (Å²) in [7, 11) is 0. The van der Waals surface area contributed by atoms with Crippen molar-refractivity contribution in [3.05, 3.63) is 90.7 Å². The summed E-state index contributed by atoms with van der Waals surface area (Å²) >= 11 is 0. The number of aromatic nitrogens is 5. The minimum atomic E-state index is -0.294. The molecule has 0 aliphatic carbocycles. The molecule has 2 aromatic heterocycles. The van der Waals surface area contributed by atoms with E-state index in [1.54, 1.807) is 35.5 Å². The van der Waals surface area contributed by atoms with Gasteiger partial charge < -0.3 is 4.74 Å². The van der Waals surface area contributed by atoms with Crippen molar-refractivity contribution in [1.29, 1.82) is 0 Å². The summed E-state index contributed by atoms with van der Waals surface area (Å²) in [4.78, 5) is 12.6. The Bertz CT molecular complexity index is 1040. The number of ether oxygens (including phenoxy) is 1. The molecule has 0 fully saturated rings. The van der Waals surface area contributed by atoms with Gasteiger partial charge in [-0.1, -0.05) is 18.2 Å². The van der Waals surface area contributed by atoms with Crippen LogP contribution in [0.4, 0.5) is 4.39 Å². The van der Waals surface area contributed by atoms with Crippen LogP contribution in [0.2, 0.25) is 0 Å². The van der Waals surface area contributed by atoms with Gasteiger partial charge >= 0.3 is 0 Å². The van der Waals surface area contributed by atoms with Crippen LogP contribution in [0, 0.1) is 5.82 Å². The Morgan fingerprint density at radius 1 is 0.852 bits per heavy atom. The van der Waals surface area contributed by atoms with Gasteiger partial charge in [0.15, 0.2) is 5.82 Å². The van der Waals surface area contributed by atoms with E-state index in [0.29, 0.717) is 23.0 Å². The molecular weight excluding hydrogens is 345 g/mol. The lowest BCUT2D eigenvalue weighted by atomic mass is 10.2. The van der Waals surface area contributed by atoms with E-state index in [9.17, 15) is 4.39 Å². The van der Waals surface area contributed by atoms with Crippen molar-refractivity contribution in [2.75, 3.05) is 0 Å². The van der Waals surface area contributed by atoms with Crippen molar-refractivity contribution in [3.63, 3.8) is 0 Å². The van der Waals surface area contributed by atoms with Gasteiger partial charge in [0, 0.05) is 12.4 Å². The number of halogens is 1. The van der Waals surface area contributed by atoms with E-state index >= 15 is 0 Å². The van der Waals surface area contributed by atoms with Gasteiger partial charge in [-0.3, -0.25) is 4.98 Å². The van der Waals surface area contributed by atoms with Crippen LogP contribution in [0.3, 0.4) is 0 Å². The molecule has 4 aromatic rings. The zero-order valence-electron chi connectivity index (χ0n) is 14.1. The van der Waals surface area contributed by atoms with Gasteiger partial charge in [-0.05, 0) is 48.0 Å². The average Bonchev–Trinajstić information content (AvgIpc) is 3.24. The van der Waals surface area contributed by atoms with Gasteiger partial charge in [-0.15, -0.1) is 0 Å². The Morgan fingerprint density at radius 2 is 1.56 bits per heavy atom. The topological polar surface area (TPSA) is 65.7 Å². The van der Waals surface area contributed by atoms with Crippen molar-refractivity contribution in [2.24, 2.45) is 0 Å². The summed E-state index contributed by atoms with van der Waals surface area (Å²) in [5.41, 5.74) is 1.64. The van der Waals surface area contributed by atoms with E-state index in [2.05, 4.69) is 20.1 Å². The van der Waals surface area contributed by atoms with Crippen molar-refractivity contribution in [2.45, 2.75) is 0 Å². The zero-order valence-corrected chi connectivity index (χ0v) is 14.1. The van der Waals surface area contributed by atoms with Crippen LogP contribution in [-0.4, -0.2) is 24.7 Å². The van der Waals surface area contributed by atoms with Crippen molar-refractivity contribution in [3.8, 4) is 17.3 Å². The molecule has 4 rings (SSSR count). The molecule has 7 heteroatoms. The van der Waals surface area contributed by atoms with E-state index in [1.165, 1.54) is 18.5 Å². The molecule has 0 aliphatic heterocycles. The lowest BCUT2D eigenvalue weighted by Crippen LogP contribution is -2.02. The van der Waals surface area contributed by atoms with Gasteiger partial charge in [-0.2, -0.15) is 5.10 Å². The second-order valence-electron chi connectivity index (χ2n) is 5.56. The summed E-state index contributed by atoms with van der Waals surface area (Å²) in [6, 6.07) is 13.4. The van der Waals surface area contributed by atoms with Gasteiger partial charge in [0.2, 0.25) is 0 Å². The van der Waals surface area contributed by atoms with Crippen LogP contribution in [0.1, 0.15) is 11.3 Å². The predicted molar refractivity (Wildman–Crippen MR) is 98.8 cm³/mol. The standard InChI is InChI=1S/C20H14FN5O/c21-16-4-8-18(9-5-16)27-17-6-1-15(2-7-17)3-10-19-20(24-12-11-23-19)26-14-22-13-25-26/h1-14H/b10-3+. The number of hydrogen-bond donors (Lipinski definition) is 0. The fourth-order valence-corrected chi connectivity index (χ4v) is 2.41. The number of hydrogen-bond acceptors (Lipinski definition) is 5. The molecule has 0 amide bonds. The summed E-state index contributed by atoms with van der Waals surface area (Å²) in [5, 5.41) is 4.09.